The van der Waals surface area contributed by atoms with Gasteiger partial charge in [0.05, 0.1) is 11.4 Å². The van der Waals surface area contributed by atoms with E-state index in [-0.39, 0.29) is 16.8 Å². The summed E-state index contributed by atoms with van der Waals surface area (Å²) in [5, 5.41) is 6.65. The number of nitrogens with zero attached hydrogens (tertiary/aromatic N) is 7. The Bertz CT molecular complexity index is 2910. The van der Waals surface area contributed by atoms with Gasteiger partial charge in [-0.1, -0.05) is 0 Å². The number of urea groups is 1. The number of aliphatic imine (C=N–C) groups is 1. The first kappa shape index (κ1) is 44.8. The number of sulfonamides is 2. The SMILES string of the molecule is Cc1cc(C)nc(S(=O)(=O)NC(=O)Nc2c(-c3ccncc3)cc(F)c3c2CCC3)n1.Cc1cc(C)nc(S(N)(=O)=O)n1.O=C=Nc1c(-c2ccncc2)cc(F)c2c1CCC2. The molecule has 4 N–H and O–H groups in total. The van der Waals surface area contributed by atoms with Gasteiger partial charge in [0.25, 0.3) is 20.3 Å². The van der Waals surface area contributed by atoms with Gasteiger partial charge < -0.3 is 5.32 Å². The van der Waals surface area contributed by atoms with Crippen LogP contribution in [-0.2, 0) is 50.5 Å². The second kappa shape index (κ2) is 18.9. The third-order valence-corrected chi connectivity index (χ3v) is 11.5. The summed E-state index contributed by atoms with van der Waals surface area (Å²) in [5.41, 5.74) is 8.31. The molecule has 4 aromatic heterocycles. The Morgan fingerprint density at radius 1 is 0.661 bits per heavy atom. The van der Waals surface area contributed by atoms with E-state index in [0.717, 1.165) is 30.4 Å². The van der Waals surface area contributed by atoms with E-state index in [2.05, 4.69) is 40.2 Å². The van der Waals surface area contributed by atoms with Gasteiger partial charge in [-0.15, -0.1) is 0 Å². The van der Waals surface area contributed by atoms with Crippen molar-refractivity contribution in [1.82, 2.24) is 34.6 Å². The van der Waals surface area contributed by atoms with Gasteiger partial charge in [0.1, 0.15) is 11.6 Å². The molecule has 2 aromatic carbocycles. The monoisotopic (exact) mass is 882 g/mol. The van der Waals surface area contributed by atoms with E-state index in [4.69, 9.17) is 5.14 Å². The van der Waals surface area contributed by atoms with Crippen LogP contribution < -0.4 is 15.2 Å². The number of nitrogens with two attached hydrogens (primary N) is 1. The van der Waals surface area contributed by atoms with Gasteiger partial charge >= 0.3 is 16.1 Å². The molecular weight excluding hydrogens is 843 g/mol. The smallest absolute Gasteiger partial charge is 0.306 e. The fraction of sp³-hybridized carbons (Fsp3) is 0.238. The van der Waals surface area contributed by atoms with Crippen LogP contribution in [0.1, 0.15) is 57.9 Å². The highest BCUT2D eigenvalue weighted by molar-refractivity contribution is 7.90. The Labute approximate surface area is 356 Å². The average molecular weight is 883 g/mol. The van der Waals surface area contributed by atoms with Gasteiger partial charge in [-0.05, 0) is 148 Å². The first-order chi connectivity index (χ1) is 29.4. The van der Waals surface area contributed by atoms with Crippen LogP contribution in [0.2, 0.25) is 0 Å². The Morgan fingerprint density at radius 2 is 1.10 bits per heavy atom. The quantitative estimate of drug-likeness (QED) is 0.0899. The highest BCUT2D eigenvalue weighted by atomic mass is 32.2. The number of isocyanates is 1. The number of anilines is 1. The fourth-order valence-corrected chi connectivity index (χ4v) is 8.67. The number of amides is 2. The number of rotatable bonds is 7. The minimum atomic E-state index is -4.29. The van der Waals surface area contributed by atoms with E-state index < -0.39 is 31.2 Å². The predicted octanol–water partition coefficient (Wildman–Crippen LogP) is 6.38. The summed E-state index contributed by atoms with van der Waals surface area (Å²) in [5.74, 6) is -0.564. The maximum Gasteiger partial charge on any atom is 0.333 e. The summed E-state index contributed by atoms with van der Waals surface area (Å²) in [6, 6.07) is 12.1. The molecule has 0 atom stereocenters. The van der Waals surface area contributed by atoms with Crippen LogP contribution in [0.3, 0.4) is 0 Å². The van der Waals surface area contributed by atoms with E-state index in [9.17, 15) is 35.2 Å². The molecule has 320 valence electrons. The van der Waals surface area contributed by atoms with Gasteiger partial charge in [0, 0.05) is 58.7 Å². The van der Waals surface area contributed by atoms with Crippen molar-refractivity contribution in [2.45, 2.75) is 76.5 Å². The van der Waals surface area contributed by atoms with Crippen LogP contribution in [-0.4, -0.2) is 58.9 Å². The number of carbonyl (C=O) groups is 1. The molecule has 16 nitrogen and oxygen atoms in total. The van der Waals surface area contributed by atoms with Crippen molar-refractivity contribution < 1.29 is 35.2 Å². The number of halogens is 2. The van der Waals surface area contributed by atoms with Crippen molar-refractivity contribution in [3.63, 3.8) is 0 Å². The molecule has 6 aromatic rings. The second-order valence-corrected chi connectivity index (χ2v) is 17.3. The number of benzene rings is 2. The minimum absolute atomic E-state index is 0.218. The van der Waals surface area contributed by atoms with Crippen LogP contribution >= 0.6 is 0 Å². The lowest BCUT2D eigenvalue weighted by atomic mass is 9.97. The molecule has 2 amide bonds. The number of pyridine rings is 2. The molecule has 0 fully saturated rings. The average Bonchev–Trinajstić information content (AvgIpc) is 3.92. The van der Waals surface area contributed by atoms with E-state index in [0.29, 0.717) is 86.8 Å². The topological polar surface area (TPSA) is 242 Å². The first-order valence-corrected chi connectivity index (χ1v) is 22.1. The number of hydrogen-bond donors (Lipinski definition) is 3. The highest BCUT2D eigenvalue weighted by Gasteiger charge is 2.27. The number of carbonyl (C=O) groups excluding carboxylic acids is 2. The zero-order valence-electron chi connectivity index (χ0n) is 33.9. The van der Waals surface area contributed by atoms with Crippen LogP contribution in [0.15, 0.2) is 88.6 Å². The zero-order chi connectivity index (χ0) is 44.8. The molecule has 2 aliphatic rings. The molecule has 0 saturated heterocycles. The second-order valence-electron chi connectivity index (χ2n) is 14.3. The molecule has 8 rings (SSSR count). The maximum atomic E-state index is 14.7. The van der Waals surface area contributed by atoms with Gasteiger partial charge in [-0.2, -0.15) is 13.4 Å². The highest BCUT2D eigenvalue weighted by Crippen LogP contribution is 2.41. The summed E-state index contributed by atoms with van der Waals surface area (Å²) in [6.07, 6.45) is 12.2. The van der Waals surface area contributed by atoms with Crippen molar-refractivity contribution in [2.75, 3.05) is 5.32 Å². The Morgan fingerprint density at radius 3 is 1.60 bits per heavy atom. The molecule has 0 aliphatic heterocycles. The van der Waals surface area contributed by atoms with Crippen LogP contribution in [0.5, 0.6) is 0 Å². The van der Waals surface area contributed by atoms with Crippen molar-refractivity contribution in [2.24, 2.45) is 10.1 Å². The van der Waals surface area contributed by atoms with Gasteiger partial charge in [0.15, 0.2) is 0 Å². The van der Waals surface area contributed by atoms with Crippen molar-refractivity contribution in [3.05, 3.63) is 130 Å². The molecule has 0 unspecified atom stereocenters. The molecular formula is C42H40F2N10O6S2. The minimum Gasteiger partial charge on any atom is -0.306 e. The van der Waals surface area contributed by atoms with Crippen molar-refractivity contribution in [3.8, 4) is 22.3 Å². The molecule has 0 saturated carbocycles. The third-order valence-electron chi connectivity index (χ3n) is 9.69. The summed E-state index contributed by atoms with van der Waals surface area (Å²) >= 11 is 0. The van der Waals surface area contributed by atoms with Crippen LogP contribution in [0.4, 0.5) is 25.0 Å². The lowest BCUT2D eigenvalue weighted by Crippen LogP contribution is -2.36. The molecule has 20 heteroatoms. The van der Waals surface area contributed by atoms with E-state index in [1.165, 1.54) is 12.1 Å². The number of hydrogen-bond acceptors (Lipinski definition) is 13. The normalized spacial score (nSPS) is 12.7. The lowest BCUT2D eigenvalue weighted by molar-refractivity contribution is 0.256. The largest absolute Gasteiger partial charge is 0.333 e. The summed E-state index contributed by atoms with van der Waals surface area (Å²) in [7, 11) is -8.06. The maximum absolute atomic E-state index is 14.7. The number of nitrogens with one attached hydrogen (secondary N) is 2. The van der Waals surface area contributed by atoms with Crippen molar-refractivity contribution >= 4 is 43.5 Å². The number of fused-ring (bicyclic) bond motifs is 2. The summed E-state index contributed by atoms with van der Waals surface area (Å²) in [6.45, 7) is 6.64. The number of aromatic nitrogens is 6. The fourth-order valence-electron chi connectivity index (χ4n) is 7.21. The Kier molecular flexibility index (Phi) is 13.7. The third kappa shape index (κ3) is 10.6. The van der Waals surface area contributed by atoms with Crippen LogP contribution in [0.25, 0.3) is 22.3 Å². The lowest BCUT2D eigenvalue weighted by Gasteiger charge is -2.17. The van der Waals surface area contributed by atoms with E-state index >= 15 is 0 Å². The number of primary sulfonamides is 1. The molecule has 0 bridgehead atoms. The molecule has 62 heavy (non-hydrogen) atoms. The summed E-state index contributed by atoms with van der Waals surface area (Å²) < 4.78 is 77.5. The van der Waals surface area contributed by atoms with Crippen LogP contribution in [0, 0.1) is 39.3 Å². The molecule has 0 radical (unpaired) electrons. The van der Waals surface area contributed by atoms with Crippen molar-refractivity contribution in [1.29, 1.82) is 0 Å². The van der Waals surface area contributed by atoms with E-state index in [1.54, 1.807) is 95.0 Å². The first-order valence-electron chi connectivity index (χ1n) is 19.0. The summed E-state index contributed by atoms with van der Waals surface area (Å²) in [4.78, 5) is 50.2. The standard InChI is InChI=1S/C21H20FN5O3S.C15H11FN2O.C6H9N3O2S/c1-12-10-13(2)25-21(24-12)31(29,30)27-20(28)26-19-16-5-3-4-15(16)18(22)11-17(19)14-6-8-23-9-7-14;16-14-8-13(10-4-6-17-7-5-10)15(18-9-19)12-3-1-2-11(12)14;1-4-3-5(2)9-6(8-4)12(7,10)11/h6-11H,3-5H2,1-2H3,(H2,26,27,28);4-8H,1-3H2;3H,1-2H3,(H2,7,10,11). The Hall–Kier alpha value is -6.73. The van der Waals surface area contributed by atoms with E-state index in [1.807, 2.05) is 4.72 Å². The molecule has 4 heterocycles. The molecule has 2 aliphatic carbocycles. The van der Waals surface area contributed by atoms with Gasteiger partial charge in [-0.3, -0.25) is 9.97 Å². The Balaban J connectivity index is 0.000000175. The molecule has 0 spiro atoms. The van der Waals surface area contributed by atoms with Gasteiger partial charge in [0.2, 0.25) is 6.08 Å². The van der Waals surface area contributed by atoms with Gasteiger partial charge in [-0.25, -0.2) is 56.6 Å². The number of aryl methyl sites for hydroxylation is 4. The predicted molar refractivity (Wildman–Crippen MR) is 225 cm³/mol. The zero-order valence-corrected chi connectivity index (χ0v) is 35.5.